The Balaban J connectivity index is 2.98. The molecule has 0 radical (unpaired) electrons. The molecule has 0 spiro atoms. The second-order valence-corrected chi connectivity index (χ2v) is 2.57. The van der Waals surface area contributed by atoms with Crippen LogP contribution in [-0.4, -0.2) is 23.4 Å². The molecule has 1 aliphatic rings. The minimum Gasteiger partial charge on any atom is -0.356 e. The van der Waals surface area contributed by atoms with Crippen molar-refractivity contribution in [2.24, 2.45) is 0 Å². The summed E-state index contributed by atoms with van der Waals surface area (Å²) in [5, 5.41) is 10.5. The maximum Gasteiger partial charge on any atom is 0.303 e. The Morgan fingerprint density at radius 1 is 1.82 bits per heavy atom. The number of halogens is 1. The first-order valence-electron chi connectivity index (χ1n) is 3.05. The van der Waals surface area contributed by atoms with Crippen molar-refractivity contribution in [3.63, 3.8) is 0 Å². The third kappa shape index (κ3) is 1.51. The topological polar surface area (TPSA) is 46.4 Å². The predicted octanol–water partition coefficient (Wildman–Crippen LogP) is 1.17. The van der Waals surface area contributed by atoms with Crippen LogP contribution in [0.5, 0.6) is 0 Å². The lowest BCUT2D eigenvalue weighted by molar-refractivity contribution is -0.420. The molecule has 60 valence electrons. The maximum absolute atomic E-state index is 10.3. The molecule has 1 heterocycles. The summed E-state index contributed by atoms with van der Waals surface area (Å²) >= 11 is 5.64. The summed E-state index contributed by atoms with van der Waals surface area (Å²) in [6.45, 7) is 0.621. The van der Waals surface area contributed by atoms with Gasteiger partial charge in [0.1, 0.15) is 0 Å². The van der Waals surface area contributed by atoms with Gasteiger partial charge in [0.2, 0.25) is 0 Å². The second kappa shape index (κ2) is 2.92. The molecule has 5 heteroatoms. The Kier molecular flexibility index (Phi) is 2.14. The predicted molar refractivity (Wildman–Crippen MR) is 41.6 cm³/mol. The molecular formula is C6H7ClN2O2. The summed E-state index contributed by atoms with van der Waals surface area (Å²) in [6, 6.07) is 0. The highest BCUT2D eigenvalue weighted by Crippen LogP contribution is 2.18. The number of hydrogen-bond acceptors (Lipinski definition) is 3. The van der Waals surface area contributed by atoms with Crippen LogP contribution in [-0.2, 0) is 0 Å². The van der Waals surface area contributed by atoms with Gasteiger partial charge in [-0.25, -0.2) is 0 Å². The molecule has 0 saturated heterocycles. The number of nitrogens with zero attached hydrogens (tertiary/aromatic N) is 2. The van der Waals surface area contributed by atoms with E-state index < -0.39 is 4.92 Å². The van der Waals surface area contributed by atoms with Gasteiger partial charge < -0.3 is 4.90 Å². The van der Waals surface area contributed by atoms with Crippen molar-refractivity contribution in [1.29, 1.82) is 0 Å². The van der Waals surface area contributed by atoms with E-state index in [0.717, 1.165) is 0 Å². The van der Waals surface area contributed by atoms with E-state index in [9.17, 15) is 10.1 Å². The first-order chi connectivity index (χ1) is 5.13. The van der Waals surface area contributed by atoms with Crippen LogP contribution in [0.25, 0.3) is 0 Å². The summed E-state index contributed by atoms with van der Waals surface area (Å²) in [5.41, 5.74) is -0.0413. The van der Waals surface area contributed by atoms with Crippen molar-refractivity contribution in [2.45, 2.75) is 0 Å². The van der Waals surface area contributed by atoms with E-state index in [2.05, 4.69) is 0 Å². The van der Waals surface area contributed by atoms with E-state index in [1.807, 2.05) is 0 Å². The molecule has 0 aromatic rings. The molecule has 0 aromatic heterocycles. The summed E-state index contributed by atoms with van der Waals surface area (Å²) < 4.78 is 0. The largest absolute Gasteiger partial charge is 0.356 e. The molecule has 4 nitrogen and oxygen atoms in total. The fourth-order valence-corrected chi connectivity index (χ4v) is 1.00. The molecule has 0 amide bonds. The van der Waals surface area contributed by atoms with Gasteiger partial charge in [0.15, 0.2) is 5.16 Å². The van der Waals surface area contributed by atoms with Crippen molar-refractivity contribution >= 4 is 11.6 Å². The van der Waals surface area contributed by atoms with Crippen molar-refractivity contribution in [3.8, 4) is 0 Å². The summed E-state index contributed by atoms with van der Waals surface area (Å²) in [6.07, 6.45) is 3.12. The van der Waals surface area contributed by atoms with Crippen LogP contribution in [0, 0.1) is 10.1 Å². The molecule has 0 atom stereocenters. The Morgan fingerprint density at radius 2 is 2.45 bits per heavy atom. The van der Waals surface area contributed by atoms with E-state index >= 15 is 0 Å². The van der Waals surface area contributed by atoms with Crippen LogP contribution in [0.2, 0.25) is 0 Å². The molecule has 0 bridgehead atoms. The molecular weight excluding hydrogens is 168 g/mol. The third-order valence-corrected chi connectivity index (χ3v) is 1.88. The van der Waals surface area contributed by atoms with Gasteiger partial charge in [0.05, 0.1) is 4.92 Å². The lowest BCUT2D eigenvalue weighted by Gasteiger charge is -2.17. The van der Waals surface area contributed by atoms with Crippen LogP contribution in [0.1, 0.15) is 0 Å². The van der Waals surface area contributed by atoms with Crippen LogP contribution >= 0.6 is 11.6 Å². The maximum atomic E-state index is 10.3. The van der Waals surface area contributed by atoms with Gasteiger partial charge in [-0.15, -0.1) is 0 Å². The van der Waals surface area contributed by atoms with Crippen molar-refractivity contribution in [1.82, 2.24) is 4.90 Å². The van der Waals surface area contributed by atoms with Gasteiger partial charge in [-0.05, 0) is 0 Å². The van der Waals surface area contributed by atoms with E-state index in [1.165, 1.54) is 6.08 Å². The number of rotatable bonds is 1. The summed E-state index contributed by atoms with van der Waals surface area (Å²) in [4.78, 5) is 11.4. The summed E-state index contributed by atoms with van der Waals surface area (Å²) in [5.74, 6) is 0. The zero-order valence-corrected chi connectivity index (χ0v) is 6.71. The molecule has 1 rings (SSSR count). The van der Waals surface area contributed by atoms with Crippen molar-refractivity contribution in [2.75, 3.05) is 13.6 Å². The fraction of sp³-hybridized carbons (Fsp3) is 0.333. The molecule has 11 heavy (non-hydrogen) atoms. The lowest BCUT2D eigenvalue weighted by atomic mass is 10.3. The standard InChI is InChI=1S/C6H7ClN2O2/c1-8-4-2-3-5(6(8)7)9(10)11/h2-3H,4H2,1H3. The highest BCUT2D eigenvalue weighted by Gasteiger charge is 2.19. The average molecular weight is 175 g/mol. The van der Waals surface area contributed by atoms with Crippen molar-refractivity contribution < 1.29 is 4.92 Å². The van der Waals surface area contributed by atoms with Crippen LogP contribution in [0.4, 0.5) is 0 Å². The average Bonchev–Trinajstić information content (AvgIpc) is 1.94. The number of likely N-dealkylation sites (N-methyl/N-ethyl adjacent to an activating group) is 1. The Bertz CT molecular complexity index is 247. The normalized spacial score (nSPS) is 17.5. The SMILES string of the molecule is CN1CC=CC([N+](=O)[O-])=C1Cl. The first kappa shape index (κ1) is 8.07. The molecule has 0 N–H and O–H groups in total. The molecule has 0 saturated carbocycles. The minimum atomic E-state index is -0.492. The van der Waals surface area contributed by atoms with E-state index in [4.69, 9.17) is 11.6 Å². The fourth-order valence-electron chi connectivity index (χ4n) is 0.803. The summed E-state index contributed by atoms with van der Waals surface area (Å²) in [7, 11) is 1.70. The smallest absolute Gasteiger partial charge is 0.303 e. The lowest BCUT2D eigenvalue weighted by Crippen LogP contribution is -2.21. The number of hydrogen-bond donors (Lipinski definition) is 0. The molecule has 0 unspecified atom stereocenters. The highest BCUT2D eigenvalue weighted by molar-refractivity contribution is 6.29. The highest BCUT2D eigenvalue weighted by atomic mass is 35.5. The van der Waals surface area contributed by atoms with Crippen LogP contribution in [0.15, 0.2) is 23.0 Å². The number of nitro groups is 1. The van der Waals surface area contributed by atoms with Crippen LogP contribution in [0.3, 0.4) is 0 Å². The van der Waals surface area contributed by atoms with Gasteiger partial charge in [-0.3, -0.25) is 10.1 Å². The number of allylic oxidation sites excluding steroid dienone is 1. The quantitative estimate of drug-likeness (QED) is 0.341. The Labute approximate surface area is 68.9 Å². The monoisotopic (exact) mass is 174 g/mol. The second-order valence-electron chi connectivity index (χ2n) is 2.22. The first-order valence-corrected chi connectivity index (χ1v) is 3.42. The van der Waals surface area contributed by atoms with Gasteiger partial charge in [0, 0.05) is 19.7 Å². The van der Waals surface area contributed by atoms with E-state index in [-0.39, 0.29) is 10.9 Å². The minimum absolute atomic E-state index is 0.0413. The van der Waals surface area contributed by atoms with Crippen LogP contribution < -0.4 is 0 Å². The van der Waals surface area contributed by atoms with Gasteiger partial charge >= 0.3 is 5.70 Å². The molecule has 1 aliphatic heterocycles. The molecule has 0 aliphatic carbocycles. The van der Waals surface area contributed by atoms with Gasteiger partial charge in [-0.2, -0.15) is 0 Å². The van der Waals surface area contributed by atoms with Crippen molar-refractivity contribution in [3.05, 3.63) is 33.1 Å². The molecule has 0 fully saturated rings. The van der Waals surface area contributed by atoms with Gasteiger partial charge in [-0.1, -0.05) is 17.7 Å². The molecule has 0 aromatic carbocycles. The zero-order valence-electron chi connectivity index (χ0n) is 5.95. The Hall–Kier alpha value is -1.03. The van der Waals surface area contributed by atoms with E-state index in [1.54, 1.807) is 18.0 Å². The third-order valence-electron chi connectivity index (χ3n) is 1.40. The van der Waals surface area contributed by atoms with Gasteiger partial charge in [0.25, 0.3) is 0 Å². The van der Waals surface area contributed by atoms with E-state index in [0.29, 0.717) is 6.54 Å². The zero-order chi connectivity index (χ0) is 8.43. The Morgan fingerprint density at radius 3 is 2.91 bits per heavy atom.